The summed E-state index contributed by atoms with van der Waals surface area (Å²) >= 11 is 7.57. The van der Waals surface area contributed by atoms with Gasteiger partial charge in [-0.2, -0.15) is 0 Å². The summed E-state index contributed by atoms with van der Waals surface area (Å²) in [7, 11) is 5.56. The summed E-state index contributed by atoms with van der Waals surface area (Å²) in [6.07, 6.45) is 3.10. The van der Waals surface area contributed by atoms with Crippen LogP contribution >= 0.6 is 22.9 Å². The van der Waals surface area contributed by atoms with E-state index in [0.29, 0.717) is 35.7 Å². The zero-order chi connectivity index (χ0) is 26.3. The van der Waals surface area contributed by atoms with Gasteiger partial charge in [0, 0.05) is 73.6 Å². The Morgan fingerprint density at radius 2 is 2.00 bits per heavy atom. The van der Waals surface area contributed by atoms with Gasteiger partial charge in [-0.05, 0) is 50.1 Å². The molecule has 37 heavy (non-hydrogen) atoms. The minimum absolute atomic E-state index is 0.0433. The van der Waals surface area contributed by atoms with Gasteiger partial charge in [-0.3, -0.25) is 14.4 Å². The number of nitrogens with zero attached hydrogens (tertiary/aromatic N) is 3. The molecule has 4 atom stereocenters. The van der Waals surface area contributed by atoms with Crippen molar-refractivity contribution in [2.24, 2.45) is 5.92 Å². The minimum Gasteiger partial charge on any atom is -0.373 e. The maximum Gasteiger partial charge on any atom is 0.280 e. The summed E-state index contributed by atoms with van der Waals surface area (Å²) in [5.74, 6) is -0.530. The van der Waals surface area contributed by atoms with Gasteiger partial charge in [-0.25, -0.2) is 4.98 Å². The van der Waals surface area contributed by atoms with Gasteiger partial charge < -0.3 is 25.8 Å². The van der Waals surface area contributed by atoms with E-state index >= 15 is 0 Å². The molecule has 11 heteroatoms. The second-order valence-corrected chi connectivity index (χ2v) is 12.0. The van der Waals surface area contributed by atoms with Gasteiger partial charge in [0.1, 0.15) is 6.04 Å². The number of amides is 3. The average molecular weight is 545 g/mol. The fraction of sp³-hybridized carbons (Fsp3) is 0.538. The number of hydrogen-bond donors (Lipinski definition) is 3. The van der Waals surface area contributed by atoms with Crippen molar-refractivity contribution in [1.82, 2.24) is 25.4 Å². The molecule has 1 saturated carbocycles. The zero-order valence-electron chi connectivity index (χ0n) is 21.3. The number of thiazole rings is 1. The van der Waals surface area contributed by atoms with Crippen molar-refractivity contribution < 1.29 is 14.4 Å². The number of fused-ring (bicyclic) bond motifs is 2. The second-order valence-electron chi connectivity index (χ2n) is 10.5. The molecule has 1 unspecified atom stereocenters. The minimum atomic E-state index is -0.433. The third-order valence-corrected chi connectivity index (χ3v) is 8.85. The largest absolute Gasteiger partial charge is 0.373 e. The van der Waals surface area contributed by atoms with Crippen molar-refractivity contribution in [2.75, 3.05) is 33.0 Å². The topological polar surface area (TPSA) is 107 Å². The Labute approximate surface area is 225 Å². The molecule has 1 fully saturated rings. The molecule has 0 radical (unpaired) electrons. The molecule has 3 aliphatic rings. The SMILES string of the molecule is CN1CCc2nc(C(=O)N[C@@H]3CC[C@H](C(=O)N(C)C)C[C@@H]3NC(=O)C3Cc4cc(Cl)ccc4N3)sc2C1. The highest BCUT2D eigenvalue weighted by atomic mass is 35.5. The van der Waals surface area contributed by atoms with Crippen molar-refractivity contribution in [2.45, 2.75) is 56.8 Å². The van der Waals surface area contributed by atoms with Crippen LogP contribution < -0.4 is 16.0 Å². The van der Waals surface area contributed by atoms with E-state index in [4.69, 9.17) is 11.6 Å². The molecule has 5 rings (SSSR count). The second kappa shape index (κ2) is 10.6. The first kappa shape index (κ1) is 25.9. The van der Waals surface area contributed by atoms with Crippen LogP contribution in [0.3, 0.4) is 0 Å². The lowest BCUT2D eigenvalue weighted by molar-refractivity contribution is -0.135. The highest BCUT2D eigenvalue weighted by Gasteiger charge is 2.38. The van der Waals surface area contributed by atoms with Crippen LogP contribution in [-0.2, 0) is 29.0 Å². The summed E-state index contributed by atoms with van der Waals surface area (Å²) in [5.41, 5.74) is 2.91. The van der Waals surface area contributed by atoms with E-state index in [1.165, 1.54) is 11.3 Å². The van der Waals surface area contributed by atoms with Crippen molar-refractivity contribution >= 4 is 46.3 Å². The Hall–Kier alpha value is -2.69. The van der Waals surface area contributed by atoms with Crippen molar-refractivity contribution in [3.8, 4) is 0 Å². The standard InChI is InChI=1S/C26H33ClN6O3S/c1-32(2)26(36)14-4-6-18(29-24(35)25-31-19-8-9-33(3)13-22(19)37-25)20(11-14)30-23(34)21-12-15-10-16(27)5-7-17(15)28-21/h5,7,10,14,18,20-21,28H,4,6,8-9,11-13H2,1-3H3,(H,29,35)(H,30,34)/t14-,18+,20-,21?/m0/s1. The highest BCUT2D eigenvalue weighted by molar-refractivity contribution is 7.13. The molecule has 3 N–H and O–H groups in total. The van der Waals surface area contributed by atoms with Crippen molar-refractivity contribution in [1.29, 1.82) is 0 Å². The molecule has 3 heterocycles. The Kier molecular flexibility index (Phi) is 7.42. The quantitative estimate of drug-likeness (QED) is 0.533. The molecule has 0 saturated heterocycles. The molecule has 198 valence electrons. The van der Waals surface area contributed by atoms with Gasteiger partial charge in [0.25, 0.3) is 5.91 Å². The monoisotopic (exact) mass is 544 g/mol. The van der Waals surface area contributed by atoms with Crippen molar-refractivity contribution in [3.63, 3.8) is 0 Å². The number of anilines is 1. The number of likely N-dealkylation sites (N-methyl/N-ethyl adjacent to an activating group) is 1. The van der Waals surface area contributed by atoms with Gasteiger partial charge in [-0.15, -0.1) is 11.3 Å². The molecule has 9 nitrogen and oxygen atoms in total. The first-order chi connectivity index (χ1) is 17.7. The molecule has 3 amide bonds. The first-order valence-electron chi connectivity index (χ1n) is 12.7. The van der Waals surface area contributed by atoms with Crippen molar-refractivity contribution in [3.05, 3.63) is 44.4 Å². The number of carbonyl (C=O) groups excluding carboxylic acids is 3. The first-order valence-corrected chi connectivity index (χ1v) is 13.9. The van der Waals surface area contributed by atoms with E-state index in [2.05, 4.69) is 32.9 Å². The molecule has 0 bridgehead atoms. The van der Waals surface area contributed by atoms with E-state index in [9.17, 15) is 14.4 Å². The molecule has 2 aliphatic heterocycles. The number of benzene rings is 1. The Morgan fingerprint density at radius 1 is 1.19 bits per heavy atom. The van der Waals surface area contributed by atoms with Gasteiger partial charge in [0.2, 0.25) is 11.8 Å². The smallest absolute Gasteiger partial charge is 0.280 e. The fourth-order valence-corrected chi connectivity index (χ4v) is 6.80. The zero-order valence-corrected chi connectivity index (χ0v) is 22.9. The van der Waals surface area contributed by atoms with Crippen LogP contribution in [0, 0.1) is 5.92 Å². The van der Waals surface area contributed by atoms with E-state index in [-0.39, 0.29) is 35.7 Å². The number of nitrogens with one attached hydrogen (secondary N) is 3. The van der Waals surface area contributed by atoms with Gasteiger partial charge in [0.15, 0.2) is 5.01 Å². The molecular weight excluding hydrogens is 512 g/mol. The number of rotatable bonds is 5. The van der Waals surface area contributed by atoms with Gasteiger partial charge >= 0.3 is 0 Å². The number of hydrogen-bond acceptors (Lipinski definition) is 7. The highest BCUT2D eigenvalue weighted by Crippen LogP contribution is 2.31. The number of carbonyl (C=O) groups is 3. The van der Waals surface area contributed by atoms with Crippen LogP contribution in [0.25, 0.3) is 0 Å². The van der Waals surface area contributed by atoms with E-state index in [1.807, 2.05) is 12.1 Å². The third kappa shape index (κ3) is 5.61. The third-order valence-electron chi connectivity index (χ3n) is 7.54. The van der Waals surface area contributed by atoms with E-state index in [1.54, 1.807) is 25.1 Å². The molecular formula is C26H33ClN6O3S. The predicted molar refractivity (Wildman–Crippen MR) is 144 cm³/mol. The molecule has 1 aromatic heterocycles. The maximum absolute atomic E-state index is 13.3. The Balaban J connectivity index is 1.29. The lowest BCUT2D eigenvalue weighted by atomic mass is 9.81. The maximum atomic E-state index is 13.3. The van der Waals surface area contributed by atoms with Crippen LogP contribution in [0.5, 0.6) is 0 Å². The molecule has 1 aliphatic carbocycles. The normalized spacial score (nSPS) is 25.0. The van der Waals surface area contributed by atoms with Gasteiger partial charge in [-0.1, -0.05) is 11.6 Å². The fourth-order valence-electron chi connectivity index (χ4n) is 5.51. The van der Waals surface area contributed by atoms with Crippen LogP contribution in [-0.4, -0.2) is 78.3 Å². The van der Waals surface area contributed by atoms with Crippen LogP contribution in [0.1, 0.15) is 45.2 Å². The van der Waals surface area contributed by atoms with Crippen LogP contribution in [0.2, 0.25) is 5.02 Å². The van der Waals surface area contributed by atoms with Gasteiger partial charge in [0.05, 0.1) is 5.69 Å². The lowest BCUT2D eigenvalue weighted by Gasteiger charge is -2.37. The van der Waals surface area contributed by atoms with Crippen LogP contribution in [0.4, 0.5) is 5.69 Å². The molecule has 2 aromatic rings. The Morgan fingerprint density at radius 3 is 2.78 bits per heavy atom. The Bertz CT molecular complexity index is 1220. The molecule has 1 aromatic carbocycles. The van der Waals surface area contributed by atoms with Crippen LogP contribution in [0.15, 0.2) is 18.2 Å². The summed E-state index contributed by atoms with van der Waals surface area (Å²) < 4.78 is 0. The van der Waals surface area contributed by atoms with E-state index < -0.39 is 6.04 Å². The average Bonchev–Trinajstić information content (AvgIpc) is 3.48. The lowest BCUT2D eigenvalue weighted by Crippen LogP contribution is -2.57. The predicted octanol–water partition coefficient (Wildman–Crippen LogP) is 2.29. The summed E-state index contributed by atoms with van der Waals surface area (Å²) in [4.78, 5) is 48.8. The number of halogens is 1. The summed E-state index contributed by atoms with van der Waals surface area (Å²) in [6.45, 7) is 1.74. The molecule has 0 spiro atoms. The summed E-state index contributed by atoms with van der Waals surface area (Å²) in [6, 6.07) is 4.46. The summed E-state index contributed by atoms with van der Waals surface area (Å²) in [5, 5.41) is 10.7. The van der Waals surface area contributed by atoms with E-state index in [0.717, 1.165) is 41.3 Å². The number of aromatic nitrogens is 1.